The van der Waals surface area contributed by atoms with Crippen molar-refractivity contribution in [3.63, 3.8) is 0 Å². The van der Waals surface area contributed by atoms with Gasteiger partial charge in [0.1, 0.15) is 6.04 Å². The molecule has 110 valence electrons. The number of anilines is 1. The zero-order valence-electron chi connectivity index (χ0n) is 10.5. The molecule has 0 unspecified atom stereocenters. The highest BCUT2D eigenvalue weighted by Gasteiger charge is 2.19. The summed E-state index contributed by atoms with van der Waals surface area (Å²) in [6, 6.07) is 2.10. The summed E-state index contributed by atoms with van der Waals surface area (Å²) < 4.78 is 2.20. The van der Waals surface area contributed by atoms with Gasteiger partial charge in [0.15, 0.2) is 0 Å². The van der Waals surface area contributed by atoms with E-state index in [2.05, 4.69) is 58.4 Å². The molecule has 0 fully saturated rings. The molecule has 0 heterocycles. The van der Waals surface area contributed by atoms with Crippen molar-refractivity contribution in [1.29, 1.82) is 0 Å². The molecular formula is C12H13Br3N2O3. The molecule has 5 nitrogen and oxygen atoms in total. The minimum Gasteiger partial charge on any atom is -0.480 e. The van der Waals surface area contributed by atoms with Gasteiger partial charge in [0.2, 0.25) is 0 Å². The summed E-state index contributed by atoms with van der Waals surface area (Å²) in [6.07, 6.45) is 1.05. The number of amides is 2. The molecule has 3 N–H and O–H groups in total. The van der Waals surface area contributed by atoms with Crippen molar-refractivity contribution in [2.75, 3.05) is 5.32 Å². The number of carboxylic acids is 1. The molecule has 1 atom stereocenters. The van der Waals surface area contributed by atoms with Gasteiger partial charge in [-0.05, 0) is 50.4 Å². The van der Waals surface area contributed by atoms with E-state index < -0.39 is 18.0 Å². The molecule has 0 aliphatic rings. The summed E-state index contributed by atoms with van der Waals surface area (Å²) in [5, 5.41) is 14.1. The van der Waals surface area contributed by atoms with Crippen LogP contribution in [-0.4, -0.2) is 23.1 Å². The van der Waals surface area contributed by atoms with Crippen LogP contribution >= 0.6 is 47.8 Å². The SMILES string of the molecule is CCC[C@@H](NC(=O)Nc1c(Br)cc(Br)cc1Br)C(=O)O. The standard InChI is InChI=1S/C12H13Br3N2O3/c1-2-3-9(11(18)19)16-12(20)17-10-7(14)4-6(13)5-8(10)15/h4-5,9H,2-3H2,1H3,(H,18,19)(H2,16,17,20)/t9-/m1/s1. The Morgan fingerprint density at radius 2 is 1.80 bits per heavy atom. The molecule has 1 aromatic carbocycles. The summed E-state index contributed by atoms with van der Waals surface area (Å²) in [6.45, 7) is 1.86. The van der Waals surface area contributed by atoms with Crippen molar-refractivity contribution in [2.45, 2.75) is 25.8 Å². The number of halogens is 3. The lowest BCUT2D eigenvalue weighted by atomic mass is 10.2. The van der Waals surface area contributed by atoms with Crippen LogP contribution in [0.25, 0.3) is 0 Å². The number of rotatable bonds is 5. The Bertz CT molecular complexity index is 500. The van der Waals surface area contributed by atoms with Crippen LogP contribution in [0.3, 0.4) is 0 Å². The van der Waals surface area contributed by atoms with E-state index in [1.807, 2.05) is 6.92 Å². The third-order valence-electron chi connectivity index (χ3n) is 2.43. The van der Waals surface area contributed by atoms with Crippen molar-refractivity contribution in [3.8, 4) is 0 Å². The van der Waals surface area contributed by atoms with Gasteiger partial charge in [-0.1, -0.05) is 29.3 Å². The molecule has 0 aromatic heterocycles. The molecule has 0 saturated heterocycles. The van der Waals surface area contributed by atoms with Crippen LogP contribution in [0.2, 0.25) is 0 Å². The Morgan fingerprint density at radius 3 is 2.25 bits per heavy atom. The fraction of sp³-hybridized carbons (Fsp3) is 0.333. The molecule has 1 rings (SSSR count). The largest absolute Gasteiger partial charge is 0.480 e. The molecule has 1 aromatic rings. The lowest BCUT2D eigenvalue weighted by Gasteiger charge is -2.16. The first-order valence-corrected chi connectivity index (χ1v) is 8.18. The van der Waals surface area contributed by atoms with Crippen LogP contribution in [0.5, 0.6) is 0 Å². The van der Waals surface area contributed by atoms with E-state index in [1.54, 1.807) is 12.1 Å². The van der Waals surface area contributed by atoms with Gasteiger partial charge in [-0.15, -0.1) is 0 Å². The van der Waals surface area contributed by atoms with Gasteiger partial charge >= 0.3 is 12.0 Å². The predicted octanol–water partition coefficient (Wildman–Crippen LogP) is 4.35. The number of carbonyl (C=O) groups is 2. The van der Waals surface area contributed by atoms with Crippen LogP contribution in [0.15, 0.2) is 25.6 Å². The van der Waals surface area contributed by atoms with Crippen molar-refractivity contribution in [3.05, 3.63) is 25.6 Å². The average Bonchev–Trinajstić information content (AvgIpc) is 2.33. The summed E-state index contributed by atoms with van der Waals surface area (Å²) in [5.74, 6) is -1.05. The van der Waals surface area contributed by atoms with Gasteiger partial charge in [-0.2, -0.15) is 0 Å². The van der Waals surface area contributed by atoms with E-state index in [4.69, 9.17) is 5.11 Å². The maximum absolute atomic E-state index is 11.9. The first kappa shape index (κ1) is 17.5. The second-order valence-corrected chi connectivity index (χ2v) is 6.65. The number of hydrogen-bond donors (Lipinski definition) is 3. The summed E-state index contributed by atoms with van der Waals surface area (Å²) >= 11 is 9.99. The van der Waals surface area contributed by atoms with Gasteiger partial charge in [0, 0.05) is 13.4 Å². The molecule has 0 bridgehead atoms. The number of nitrogens with one attached hydrogen (secondary N) is 2. The van der Waals surface area contributed by atoms with Crippen LogP contribution < -0.4 is 10.6 Å². The van der Waals surface area contributed by atoms with Crippen LogP contribution in [0.4, 0.5) is 10.5 Å². The Morgan fingerprint density at radius 1 is 1.25 bits per heavy atom. The minimum atomic E-state index is -1.05. The Labute approximate surface area is 141 Å². The van der Waals surface area contributed by atoms with E-state index in [0.717, 1.165) is 4.47 Å². The van der Waals surface area contributed by atoms with Gasteiger partial charge in [0.25, 0.3) is 0 Å². The second-order valence-electron chi connectivity index (χ2n) is 4.02. The van der Waals surface area contributed by atoms with Crippen molar-refractivity contribution in [2.24, 2.45) is 0 Å². The van der Waals surface area contributed by atoms with Crippen molar-refractivity contribution in [1.82, 2.24) is 5.32 Å². The lowest BCUT2D eigenvalue weighted by molar-refractivity contribution is -0.139. The van der Waals surface area contributed by atoms with Crippen molar-refractivity contribution < 1.29 is 14.7 Å². The molecule has 20 heavy (non-hydrogen) atoms. The number of benzene rings is 1. The number of aliphatic carboxylic acids is 1. The fourth-order valence-corrected chi connectivity index (χ4v) is 3.97. The zero-order valence-corrected chi connectivity index (χ0v) is 15.3. The van der Waals surface area contributed by atoms with E-state index >= 15 is 0 Å². The van der Waals surface area contributed by atoms with Crippen molar-refractivity contribution >= 4 is 65.5 Å². The van der Waals surface area contributed by atoms with Gasteiger partial charge in [0.05, 0.1) is 5.69 Å². The molecule has 0 radical (unpaired) electrons. The highest BCUT2D eigenvalue weighted by atomic mass is 79.9. The third-order valence-corrected chi connectivity index (χ3v) is 4.13. The molecule has 0 aliphatic heterocycles. The van der Waals surface area contributed by atoms with E-state index in [0.29, 0.717) is 27.5 Å². The molecule has 0 spiro atoms. The highest BCUT2D eigenvalue weighted by Crippen LogP contribution is 2.34. The number of urea groups is 1. The summed E-state index contributed by atoms with van der Waals surface area (Å²) in [7, 11) is 0. The minimum absolute atomic E-state index is 0.380. The summed E-state index contributed by atoms with van der Waals surface area (Å²) in [4.78, 5) is 22.8. The molecule has 0 saturated carbocycles. The topological polar surface area (TPSA) is 78.4 Å². The van der Waals surface area contributed by atoms with E-state index in [-0.39, 0.29) is 0 Å². The third kappa shape index (κ3) is 5.06. The van der Waals surface area contributed by atoms with Crippen LogP contribution in [-0.2, 0) is 4.79 Å². The molecular weight excluding hydrogens is 460 g/mol. The van der Waals surface area contributed by atoms with Crippen LogP contribution in [0, 0.1) is 0 Å². The maximum atomic E-state index is 11.9. The second kappa shape index (κ2) is 7.99. The van der Waals surface area contributed by atoms with E-state index in [1.165, 1.54) is 0 Å². The van der Waals surface area contributed by atoms with Crippen LogP contribution in [0.1, 0.15) is 19.8 Å². The van der Waals surface area contributed by atoms with Gasteiger partial charge in [-0.3, -0.25) is 0 Å². The smallest absolute Gasteiger partial charge is 0.326 e. The number of carboxylic acid groups (broad SMARTS) is 1. The molecule has 2 amide bonds. The Kier molecular flexibility index (Phi) is 6.97. The normalized spacial score (nSPS) is 11.8. The highest BCUT2D eigenvalue weighted by molar-refractivity contribution is 9.11. The molecule has 8 heteroatoms. The number of hydrogen-bond acceptors (Lipinski definition) is 2. The lowest BCUT2D eigenvalue weighted by Crippen LogP contribution is -2.43. The quantitative estimate of drug-likeness (QED) is 0.596. The Hall–Kier alpha value is -0.600. The average molecular weight is 473 g/mol. The van der Waals surface area contributed by atoms with Gasteiger partial charge < -0.3 is 15.7 Å². The first-order chi connectivity index (χ1) is 9.35. The van der Waals surface area contributed by atoms with E-state index in [9.17, 15) is 9.59 Å². The molecule has 0 aliphatic carbocycles. The fourth-order valence-electron chi connectivity index (χ4n) is 1.52. The Balaban J connectivity index is 2.78. The first-order valence-electron chi connectivity index (χ1n) is 5.80. The zero-order chi connectivity index (χ0) is 15.3. The number of carbonyl (C=O) groups excluding carboxylic acids is 1. The predicted molar refractivity (Wildman–Crippen MR) is 88.0 cm³/mol. The monoisotopic (exact) mass is 470 g/mol. The maximum Gasteiger partial charge on any atom is 0.326 e. The summed E-state index contributed by atoms with van der Waals surface area (Å²) in [5.41, 5.74) is 0.534. The van der Waals surface area contributed by atoms with Gasteiger partial charge in [-0.25, -0.2) is 9.59 Å².